The van der Waals surface area contributed by atoms with E-state index in [0.717, 1.165) is 22.8 Å². The van der Waals surface area contributed by atoms with Gasteiger partial charge in [0.05, 0.1) is 18.2 Å². The van der Waals surface area contributed by atoms with Crippen LogP contribution in [-0.4, -0.2) is 63.3 Å². The number of carbonyl (C=O) groups is 1. The molecule has 0 saturated carbocycles. The topological polar surface area (TPSA) is 75.3 Å². The molecule has 1 aromatic carbocycles. The molecule has 7 nitrogen and oxygen atoms in total. The van der Waals surface area contributed by atoms with Crippen molar-refractivity contribution in [2.45, 2.75) is 11.4 Å². The van der Waals surface area contributed by atoms with Gasteiger partial charge in [-0.25, -0.2) is 12.8 Å². The molecule has 1 unspecified atom stereocenters. The highest BCUT2D eigenvalue weighted by atomic mass is 32.2. The van der Waals surface area contributed by atoms with Gasteiger partial charge in [0.1, 0.15) is 12.4 Å². The molecule has 0 bridgehead atoms. The number of halogens is 1. The lowest BCUT2D eigenvalue weighted by Crippen LogP contribution is -3.08. The molecule has 9 heteroatoms. The van der Waals surface area contributed by atoms with Crippen LogP contribution in [0.1, 0.15) is 5.76 Å². The molecule has 27 heavy (non-hydrogen) atoms. The fourth-order valence-corrected chi connectivity index (χ4v) is 4.50. The summed E-state index contributed by atoms with van der Waals surface area (Å²) in [7, 11) is -1.76. The van der Waals surface area contributed by atoms with Gasteiger partial charge in [0, 0.05) is 26.2 Å². The van der Waals surface area contributed by atoms with Gasteiger partial charge >= 0.3 is 0 Å². The van der Waals surface area contributed by atoms with Gasteiger partial charge in [-0.15, -0.1) is 0 Å². The standard InChI is InChI=1S/C18H22FN3O4S/c1-20(13-16-3-2-12-26-16)14-18(23)21-8-10-22(11-9-21)27(24,25)17-6-4-15(19)5-7-17/h2-7,12H,8-11,13-14H2,1H3/p+1. The van der Waals surface area contributed by atoms with E-state index in [0.29, 0.717) is 26.2 Å². The van der Waals surface area contributed by atoms with Crippen molar-refractivity contribution in [3.05, 3.63) is 54.2 Å². The Bertz CT molecular complexity index is 861. The Kier molecular flexibility index (Phi) is 5.93. The maximum absolute atomic E-state index is 13.0. The summed E-state index contributed by atoms with van der Waals surface area (Å²) < 4.78 is 44.9. The molecule has 146 valence electrons. The van der Waals surface area contributed by atoms with Gasteiger partial charge < -0.3 is 14.2 Å². The molecule has 1 fully saturated rings. The van der Waals surface area contributed by atoms with Gasteiger partial charge in [0.15, 0.2) is 12.3 Å². The Labute approximate surface area is 158 Å². The second-order valence-corrected chi connectivity index (χ2v) is 8.57. The third-order valence-corrected chi connectivity index (χ3v) is 6.46. The van der Waals surface area contributed by atoms with Crippen molar-refractivity contribution < 1.29 is 26.9 Å². The molecule has 1 aliphatic rings. The van der Waals surface area contributed by atoms with E-state index in [2.05, 4.69) is 0 Å². The van der Waals surface area contributed by atoms with Crippen LogP contribution < -0.4 is 4.90 Å². The lowest BCUT2D eigenvalue weighted by Gasteiger charge is -2.34. The van der Waals surface area contributed by atoms with E-state index >= 15 is 0 Å². The van der Waals surface area contributed by atoms with Crippen LogP contribution in [0.2, 0.25) is 0 Å². The molecule has 3 rings (SSSR count). The number of sulfonamides is 1. The molecule has 2 heterocycles. The lowest BCUT2D eigenvalue weighted by molar-refractivity contribution is -0.886. The number of furan rings is 1. The van der Waals surface area contributed by atoms with E-state index in [1.807, 2.05) is 19.2 Å². The molecule has 0 aliphatic carbocycles. The van der Waals surface area contributed by atoms with Crippen molar-refractivity contribution in [3.63, 3.8) is 0 Å². The summed E-state index contributed by atoms with van der Waals surface area (Å²) in [4.78, 5) is 15.2. The van der Waals surface area contributed by atoms with Crippen LogP contribution in [0.4, 0.5) is 4.39 Å². The van der Waals surface area contributed by atoms with Gasteiger partial charge in [0.2, 0.25) is 10.0 Å². The van der Waals surface area contributed by atoms with Gasteiger partial charge in [-0.05, 0) is 36.4 Å². The first-order chi connectivity index (χ1) is 12.9. The highest BCUT2D eigenvalue weighted by Crippen LogP contribution is 2.18. The van der Waals surface area contributed by atoms with Crippen LogP contribution in [-0.2, 0) is 21.4 Å². The van der Waals surface area contributed by atoms with Crippen molar-refractivity contribution in [3.8, 4) is 0 Å². The zero-order valence-corrected chi connectivity index (χ0v) is 15.9. The van der Waals surface area contributed by atoms with Gasteiger partial charge in [-0.3, -0.25) is 4.79 Å². The summed E-state index contributed by atoms with van der Waals surface area (Å²) in [6.07, 6.45) is 1.60. The van der Waals surface area contributed by atoms with Crippen LogP contribution in [0.25, 0.3) is 0 Å². The molecular weight excluding hydrogens is 373 g/mol. The summed E-state index contributed by atoms with van der Waals surface area (Å²) in [6.45, 7) is 2.05. The average Bonchev–Trinajstić information content (AvgIpc) is 3.15. The van der Waals surface area contributed by atoms with Crippen molar-refractivity contribution in [2.24, 2.45) is 0 Å². The van der Waals surface area contributed by atoms with E-state index in [-0.39, 0.29) is 23.9 Å². The number of rotatable bonds is 6. The van der Waals surface area contributed by atoms with Gasteiger partial charge in [0.25, 0.3) is 5.91 Å². The number of likely N-dealkylation sites (N-methyl/N-ethyl adjacent to an activating group) is 1. The number of quaternary nitrogens is 1. The zero-order chi connectivity index (χ0) is 19.4. The predicted octanol–water partition coefficient (Wildman–Crippen LogP) is -0.0335. The second kappa shape index (κ2) is 8.20. The molecule has 1 N–H and O–H groups in total. The molecule has 0 radical (unpaired) electrons. The van der Waals surface area contributed by atoms with Crippen LogP contribution in [0.5, 0.6) is 0 Å². The van der Waals surface area contributed by atoms with E-state index < -0.39 is 15.8 Å². The summed E-state index contributed by atoms with van der Waals surface area (Å²) in [5.74, 6) is 0.318. The lowest BCUT2D eigenvalue weighted by atomic mass is 10.3. The molecule has 0 spiro atoms. The third kappa shape index (κ3) is 4.74. The van der Waals surface area contributed by atoms with Gasteiger partial charge in [-0.2, -0.15) is 4.31 Å². The minimum atomic E-state index is -3.67. The maximum Gasteiger partial charge on any atom is 0.277 e. The Morgan fingerprint density at radius 3 is 2.41 bits per heavy atom. The third-order valence-electron chi connectivity index (χ3n) is 4.55. The predicted molar refractivity (Wildman–Crippen MR) is 95.9 cm³/mol. The van der Waals surface area contributed by atoms with Crippen LogP contribution in [0, 0.1) is 5.82 Å². The normalized spacial score (nSPS) is 17.0. The molecule has 1 aliphatic heterocycles. The van der Waals surface area contributed by atoms with Crippen LogP contribution in [0.3, 0.4) is 0 Å². The number of hydrogen-bond donors (Lipinski definition) is 1. The van der Waals surface area contributed by atoms with E-state index in [9.17, 15) is 17.6 Å². The Hall–Kier alpha value is -2.23. The number of amides is 1. The molecular formula is C18H23FN3O4S+. The molecule has 1 atom stereocenters. The Balaban J connectivity index is 1.53. The van der Waals surface area contributed by atoms with Crippen molar-refractivity contribution in [2.75, 3.05) is 39.8 Å². The molecule has 1 aromatic heterocycles. The molecule has 2 aromatic rings. The molecule has 1 saturated heterocycles. The van der Waals surface area contributed by atoms with Crippen molar-refractivity contribution >= 4 is 15.9 Å². The summed E-state index contributed by atoms with van der Waals surface area (Å²) in [6, 6.07) is 8.46. The van der Waals surface area contributed by atoms with Crippen molar-refractivity contribution in [1.29, 1.82) is 0 Å². The number of nitrogens with zero attached hydrogens (tertiary/aromatic N) is 2. The number of carbonyl (C=O) groups excluding carboxylic acids is 1. The fraction of sp³-hybridized carbons (Fsp3) is 0.389. The summed E-state index contributed by atoms with van der Waals surface area (Å²) >= 11 is 0. The summed E-state index contributed by atoms with van der Waals surface area (Å²) in [5, 5.41) is 0. The molecule has 1 amide bonds. The van der Waals surface area contributed by atoms with E-state index in [1.165, 1.54) is 16.4 Å². The Morgan fingerprint density at radius 1 is 1.15 bits per heavy atom. The quantitative estimate of drug-likeness (QED) is 0.744. The maximum atomic E-state index is 13.0. The number of piperazine rings is 1. The number of nitrogens with one attached hydrogen (secondary N) is 1. The minimum Gasteiger partial charge on any atom is -0.463 e. The average molecular weight is 396 g/mol. The SMILES string of the molecule is C[NH+](CC(=O)N1CCN(S(=O)(=O)c2ccc(F)cc2)CC1)Cc1ccco1. The van der Waals surface area contributed by atoms with Crippen LogP contribution >= 0.6 is 0 Å². The monoisotopic (exact) mass is 396 g/mol. The van der Waals surface area contributed by atoms with Crippen molar-refractivity contribution in [1.82, 2.24) is 9.21 Å². The fourth-order valence-electron chi connectivity index (χ4n) is 3.08. The minimum absolute atomic E-state index is 0.0158. The number of benzene rings is 1. The van der Waals surface area contributed by atoms with Gasteiger partial charge in [-0.1, -0.05) is 0 Å². The first-order valence-electron chi connectivity index (χ1n) is 8.73. The second-order valence-electron chi connectivity index (χ2n) is 6.63. The van der Waals surface area contributed by atoms with E-state index in [1.54, 1.807) is 11.2 Å². The zero-order valence-electron chi connectivity index (χ0n) is 15.1. The summed E-state index contributed by atoms with van der Waals surface area (Å²) in [5.41, 5.74) is 0. The largest absolute Gasteiger partial charge is 0.463 e. The highest BCUT2D eigenvalue weighted by Gasteiger charge is 2.30. The Morgan fingerprint density at radius 2 is 1.81 bits per heavy atom. The first-order valence-corrected chi connectivity index (χ1v) is 10.2. The first kappa shape index (κ1) is 19.5. The smallest absolute Gasteiger partial charge is 0.277 e. The number of hydrogen-bond acceptors (Lipinski definition) is 4. The van der Waals surface area contributed by atoms with Crippen LogP contribution in [0.15, 0.2) is 52.0 Å². The van der Waals surface area contributed by atoms with E-state index in [4.69, 9.17) is 4.42 Å². The highest BCUT2D eigenvalue weighted by molar-refractivity contribution is 7.89.